The van der Waals surface area contributed by atoms with Crippen molar-refractivity contribution in [2.75, 3.05) is 13.7 Å². The van der Waals surface area contributed by atoms with Gasteiger partial charge in [0.1, 0.15) is 0 Å². The van der Waals surface area contributed by atoms with Crippen LogP contribution in [-0.2, 0) is 4.74 Å². The molecule has 2 heteroatoms. The van der Waals surface area contributed by atoms with E-state index in [2.05, 4.69) is 47.0 Å². The van der Waals surface area contributed by atoms with Crippen molar-refractivity contribution in [1.82, 2.24) is 5.32 Å². The summed E-state index contributed by atoms with van der Waals surface area (Å²) >= 11 is 0. The smallest absolute Gasteiger partial charge is 0.0778 e. The zero-order chi connectivity index (χ0) is 14.5. The Morgan fingerprint density at radius 3 is 2.26 bits per heavy atom. The molecule has 1 fully saturated rings. The van der Waals surface area contributed by atoms with Crippen molar-refractivity contribution in [3.8, 4) is 0 Å². The second kappa shape index (κ2) is 7.64. The predicted octanol–water partition coefficient (Wildman–Crippen LogP) is 4.24. The number of nitrogens with one attached hydrogen (secondary N) is 1. The second-order valence-electron chi connectivity index (χ2n) is 7.17. The van der Waals surface area contributed by atoms with E-state index >= 15 is 0 Å². The molecule has 4 atom stereocenters. The number of likely N-dealkylation sites (N-methyl/N-ethyl adjacent to an activating group) is 1. The summed E-state index contributed by atoms with van der Waals surface area (Å²) in [5.41, 5.74) is 0.194. The number of rotatable bonds is 6. The third-order valence-electron chi connectivity index (χ3n) is 4.81. The lowest BCUT2D eigenvalue weighted by Gasteiger charge is -2.44. The Kier molecular flexibility index (Phi) is 6.82. The normalized spacial score (nSPS) is 28.1. The molecule has 1 aliphatic carbocycles. The molecule has 0 aliphatic heterocycles. The average Bonchev–Trinajstić information content (AvgIpc) is 2.38. The van der Waals surface area contributed by atoms with E-state index in [1.165, 1.54) is 32.1 Å². The quantitative estimate of drug-likeness (QED) is 0.778. The molecule has 0 bridgehead atoms. The van der Waals surface area contributed by atoms with Crippen molar-refractivity contribution in [2.45, 2.75) is 78.9 Å². The summed E-state index contributed by atoms with van der Waals surface area (Å²) in [6, 6.07) is 0.491. The Morgan fingerprint density at radius 1 is 1.16 bits per heavy atom. The standard InChI is InChI=1S/C17H35NO/c1-7-13-11-9-10-12-14(13)15(18-6)16(19-8-2)17(3,4)5/h13-16,18H,7-12H2,1-6H3. The molecule has 1 saturated carbocycles. The molecule has 1 N–H and O–H groups in total. The van der Waals surface area contributed by atoms with Crippen LogP contribution >= 0.6 is 0 Å². The van der Waals surface area contributed by atoms with Crippen LogP contribution in [0.5, 0.6) is 0 Å². The fourth-order valence-electron chi connectivity index (χ4n) is 3.88. The van der Waals surface area contributed by atoms with Crippen molar-refractivity contribution in [1.29, 1.82) is 0 Å². The molecule has 0 heterocycles. The second-order valence-corrected chi connectivity index (χ2v) is 7.17. The van der Waals surface area contributed by atoms with Crippen LogP contribution in [0.3, 0.4) is 0 Å². The number of ether oxygens (including phenoxy) is 1. The minimum absolute atomic E-state index is 0.194. The summed E-state index contributed by atoms with van der Waals surface area (Å²) in [7, 11) is 2.11. The highest BCUT2D eigenvalue weighted by atomic mass is 16.5. The molecule has 114 valence electrons. The fraction of sp³-hybridized carbons (Fsp3) is 1.00. The van der Waals surface area contributed by atoms with E-state index in [-0.39, 0.29) is 5.41 Å². The van der Waals surface area contributed by atoms with Gasteiger partial charge in [-0.25, -0.2) is 0 Å². The summed E-state index contributed by atoms with van der Waals surface area (Å²) in [5, 5.41) is 3.60. The molecule has 1 rings (SSSR count). The first-order chi connectivity index (χ1) is 8.95. The third kappa shape index (κ3) is 4.46. The van der Waals surface area contributed by atoms with Crippen LogP contribution in [-0.4, -0.2) is 25.8 Å². The SMILES string of the molecule is CCOC(C(NC)C1CCCCC1CC)C(C)(C)C. The van der Waals surface area contributed by atoms with E-state index in [4.69, 9.17) is 4.74 Å². The molecule has 0 saturated heterocycles. The molecular formula is C17H35NO. The van der Waals surface area contributed by atoms with E-state index in [0.717, 1.165) is 18.4 Å². The summed E-state index contributed by atoms with van der Waals surface area (Å²) < 4.78 is 6.14. The van der Waals surface area contributed by atoms with Gasteiger partial charge in [0.15, 0.2) is 0 Å². The lowest BCUT2D eigenvalue weighted by Crippen LogP contribution is -2.53. The first-order valence-electron chi connectivity index (χ1n) is 8.24. The largest absolute Gasteiger partial charge is 0.376 e. The van der Waals surface area contributed by atoms with E-state index < -0.39 is 0 Å². The van der Waals surface area contributed by atoms with Gasteiger partial charge in [0, 0.05) is 12.6 Å². The van der Waals surface area contributed by atoms with E-state index in [0.29, 0.717) is 12.1 Å². The van der Waals surface area contributed by atoms with Crippen LogP contribution in [0.25, 0.3) is 0 Å². The van der Waals surface area contributed by atoms with Crippen molar-refractivity contribution in [2.24, 2.45) is 17.3 Å². The minimum atomic E-state index is 0.194. The molecular weight excluding hydrogens is 234 g/mol. The van der Waals surface area contributed by atoms with Gasteiger partial charge < -0.3 is 10.1 Å². The average molecular weight is 269 g/mol. The minimum Gasteiger partial charge on any atom is -0.376 e. The molecule has 2 nitrogen and oxygen atoms in total. The van der Waals surface area contributed by atoms with Gasteiger partial charge in [-0.2, -0.15) is 0 Å². The molecule has 0 radical (unpaired) electrons. The first kappa shape index (κ1) is 17.0. The highest BCUT2D eigenvalue weighted by Crippen LogP contribution is 2.39. The molecule has 0 amide bonds. The fourth-order valence-corrected chi connectivity index (χ4v) is 3.88. The maximum atomic E-state index is 6.14. The molecule has 0 aromatic rings. The highest BCUT2D eigenvalue weighted by Gasteiger charge is 2.40. The summed E-state index contributed by atoms with van der Waals surface area (Å²) in [6.45, 7) is 12.2. The summed E-state index contributed by atoms with van der Waals surface area (Å²) in [5.74, 6) is 1.65. The molecule has 19 heavy (non-hydrogen) atoms. The maximum absolute atomic E-state index is 6.14. The van der Waals surface area contributed by atoms with Crippen molar-refractivity contribution in [3.63, 3.8) is 0 Å². The summed E-state index contributed by atoms with van der Waals surface area (Å²) in [6.07, 6.45) is 7.19. The zero-order valence-electron chi connectivity index (χ0n) is 14.0. The zero-order valence-corrected chi connectivity index (χ0v) is 14.0. The predicted molar refractivity (Wildman–Crippen MR) is 83.5 cm³/mol. The molecule has 0 spiro atoms. The topological polar surface area (TPSA) is 21.3 Å². The van der Waals surface area contributed by atoms with E-state index in [1.54, 1.807) is 0 Å². The van der Waals surface area contributed by atoms with Gasteiger partial charge in [0.25, 0.3) is 0 Å². The molecule has 0 aromatic heterocycles. The van der Waals surface area contributed by atoms with Gasteiger partial charge in [-0.3, -0.25) is 0 Å². The lowest BCUT2D eigenvalue weighted by molar-refractivity contribution is -0.0585. The van der Waals surface area contributed by atoms with Crippen LogP contribution in [0, 0.1) is 17.3 Å². The molecule has 1 aliphatic rings. The Labute approximate surface area is 120 Å². The van der Waals surface area contributed by atoms with Crippen molar-refractivity contribution >= 4 is 0 Å². The van der Waals surface area contributed by atoms with Gasteiger partial charge in [0.2, 0.25) is 0 Å². The van der Waals surface area contributed by atoms with E-state index in [1.807, 2.05) is 0 Å². The maximum Gasteiger partial charge on any atom is 0.0778 e. The van der Waals surface area contributed by atoms with Crippen molar-refractivity contribution < 1.29 is 4.74 Å². The Balaban J connectivity index is 2.88. The van der Waals surface area contributed by atoms with Crippen LogP contribution < -0.4 is 5.32 Å². The summed E-state index contributed by atoms with van der Waals surface area (Å²) in [4.78, 5) is 0. The lowest BCUT2D eigenvalue weighted by atomic mass is 9.69. The van der Waals surface area contributed by atoms with Gasteiger partial charge in [-0.15, -0.1) is 0 Å². The Bertz CT molecular complexity index is 246. The Hall–Kier alpha value is -0.0800. The van der Waals surface area contributed by atoms with Crippen LogP contribution in [0.4, 0.5) is 0 Å². The van der Waals surface area contributed by atoms with Gasteiger partial charge in [-0.05, 0) is 37.6 Å². The van der Waals surface area contributed by atoms with Gasteiger partial charge >= 0.3 is 0 Å². The number of hydrogen-bond acceptors (Lipinski definition) is 2. The Morgan fingerprint density at radius 2 is 1.79 bits per heavy atom. The first-order valence-corrected chi connectivity index (χ1v) is 8.24. The third-order valence-corrected chi connectivity index (χ3v) is 4.81. The van der Waals surface area contributed by atoms with Crippen LogP contribution in [0.2, 0.25) is 0 Å². The van der Waals surface area contributed by atoms with Gasteiger partial charge in [-0.1, -0.05) is 53.4 Å². The highest BCUT2D eigenvalue weighted by molar-refractivity contribution is 4.93. The molecule has 4 unspecified atom stereocenters. The van der Waals surface area contributed by atoms with E-state index in [9.17, 15) is 0 Å². The van der Waals surface area contributed by atoms with Crippen LogP contribution in [0.15, 0.2) is 0 Å². The van der Waals surface area contributed by atoms with Gasteiger partial charge in [0.05, 0.1) is 6.10 Å². The van der Waals surface area contributed by atoms with Crippen molar-refractivity contribution in [3.05, 3.63) is 0 Å². The number of hydrogen-bond donors (Lipinski definition) is 1. The monoisotopic (exact) mass is 269 g/mol. The molecule has 0 aromatic carbocycles. The van der Waals surface area contributed by atoms with Crippen LogP contribution in [0.1, 0.15) is 66.7 Å².